The fraction of sp³-hybridized carbons (Fsp3) is 0.174. The Morgan fingerprint density at radius 1 is 0.857 bits per heavy atom. The molecule has 3 aromatic heterocycles. The lowest BCUT2D eigenvalue weighted by atomic mass is 9.54. The third-order valence-electron chi connectivity index (χ3n) is 6.44. The molecule has 0 saturated carbocycles. The second-order valence-electron chi connectivity index (χ2n) is 7.54. The molecule has 4 aromatic rings. The van der Waals surface area contributed by atoms with Gasteiger partial charge in [0.15, 0.2) is 17.9 Å². The van der Waals surface area contributed by atoms with Crippen molar-refractivity contribution in [1.29, 1.82) is 0 Å². The molecular formula is C23H16Br2NO2+. The molecule has 1 aromatic carbocycles. The molecule has 0 fully saturated rings. The largest absolute Gasteiger partial charge is 0.472 e. The third-order valence-corrected chi connectivity index (χ3v) is 7.82. The van der Waals surface area contributed by atoms with Gasteiger partial charge in [0.1, 0.15) is 0 Å². The van der Waals surface area contributed by atoms with E-state index in [1.165, 1.54) is 27.9 Å². The van der Waals surface area contributed by atoms with Crippen molar-refractivity contribution >= 4 is 31.9 Å². The molecule has 0 unspecified atom stereocenters. The molecule has 0 radical (unpaired) electrons. The molecular weight excluding hydrogens is 482 g/mol. The third kappa shape index (κ3) is 2.01. The first-order valence-corrected chi connectivity index (χ1v) is 10.8. The van der Waals surface area contributed by atoms with Crippen molar-refractivity contribution in [2.75, 3.05) is 0 Å². The molecule has 5 heteroatoms. The molecule has 0 saturated heterocycles. The van der Waals surface area contributed by atoms with Crippen LogP contribution in [0.2, 0.25) is 0 Å². The Hall–Kier alpha value is -2.11. The van der Waals surface area contributed by atoms with Gasteiger partial charge in [-0.05, 0) is 29.8 Å². The van der Waals surface area contributed by atoms with Crippen LogP contribution >= 0.6 is 31.9 Å². The number of hydrogen-bond donors (Lipinski definition) is 0. The maximum atomic E-state index is 5.57. The van der Waals surface area contributed by atoms with Gasteiger partial charge in [-0.15, -0.1) is 0 Å². The molecule has 0 spiro atoms. The van der Waals surface area contributed by atoms with E-state index >= 15 is 0 Å². The van der Waals surface area contributed by atoms with Crippen LogP contribution in [-0.2, 0) is 5.41 Å². The van der Waals surface area contributed by atoms with E-state index in [1.807, 2.05) is 12.5 Å². The van der Waals surface area contributed by atoms with Gasteiger partial charge >= 0.3 is 0 Å². The highest BCUT2D eigenvalue weighted by Crippen LogP contribution is 2.61. The van der Waals surface area contributed by atoms with Crippen LogP contribution in [-0.4, -0.2) is 0 Å². The minimum Gasteiger partial charge on any atom is -0.472 e. The Morgan fingerprint density at radius 3 is 2.18 bits per heavy atom. The van der Waals surface area contributed by atoms with Crippen molar-refractivity contribution in [1.82, 2.24) is 0 Å². The smallest absolute Gasteiger partial charge is 0.190 e. The average Bonchev–Trinajstić information content (AvgIpc) is 3.45. The number of furan rings is 2. The van der Waals surface area contributed by atoms with E-state index in [0.717, 1.165) is 15.4 Å². The summed E-state index contributed by atoms with van der Waals surface area (Å²) in [6.45, 7) is 0. The summed E-state index contributed by atoms with van der Waals surface area (Å²) in [4.78, 5) is 0. The van der Waals surface area contributed by atoms with Crippen molar-refractivity contribution < 1.29 is 13.4 Å². The van der Waals surface area contributed by atoms with E-state index in [9.17, 15) is 0 Å². The quantitative estimate of drug-likeness (QED) is 0.313. The molecule has 1 aliphatic carbocycles. The highest BCUT2D eigenvalue weighted by molar-refractivity contribution is 9.11. The van der Waals surface area contributed by atoms with Gasteiger partial charge < -0.3 is 8.83 Å². The normalized spacial score (nSPS) is 21.4. The highest BCUT2D eigenvalue weighted by Gasteiger charge is 2.61. The van der Waals surface area contributed by atoms with Crippen LogP contribution in [0.1, 0.15) is 46.3 Å². The summed E-state index contributed by atoms with van der Waals surface area (Å²) >= 11 is 7.70. The maximum Gasteiger partial charge on any atom is 0.190 e. The van der Waals surface area contributed by atoms with Crippen molar-refractivity contribution in [2.45, 2.75) is 23.8 Å². The summed E-state index contributed by atoms with van der Waals surface area (Å²) in [5.41, 5.74) is 6.16. The van der Waals surface area contributed by atoms with Gasteiger partial charge in [-0.1, -0.05) is 37.9 Å². The van der Waals surface area contributed by atoms with Gasteiger partial charge in [0, 0.05) is 44.2 Å². The van der Waals surface area contributed by atoms with Crippen LogP contribution in [0.3, 0.4) is 0 Å². The summed E-state index contributed by atoms with van der Waals surface area (Å²) in [5.74, 6) is 0.135. The number of fused-ring (bicyclic) bond motifs is 1. The van der Waals surface area contributed by atoms with Crippen molar-refractivity contribution in [3.8, 4) is 0 Å². The van der Waals surface area contributed by atoms with E-state index < -0.39 is 0 Å². The fourth-order valence-corrected chi connectivity index (χ4v) is 6.58. The average molecular weight is 498 g/mol. The van der Waals surface area contributed by atoms with Crippen LogP contribution in [0.25, 0.3) is 0 Å². The number of aromatic nitrogens is 1. The standard InChI is InChI=1S/C23H16Br2NO2/c24-16-4-5-17(25)21-20(16)19-11-23(14-6-9-27-12-14,15-7-10-28-13-15)22(21)18-3-1-2-8-26(18)19/h1-10,12-13,19,22H,11H2/q+1/t19-,22-/m0/s1. The monoisotopic (exact) mass is 496 g/mol. The Labute approximate surface area is 179 Å². The van der Waals surface area contributed by atoms with Crippen LogP contribution in [0.5, 0.6) is 0 Å². The number of hydrogen-bond acceptors (Lipinski definition) is 2. The topological polar surface area (TPSA) is 30.2 Å². The van der Waals surface area contributed by atoms with Crippen molar-refractivity contribution in [3.05, 3.63) is 111 Å². The van der Waals surface area contributed by atoms with Gasteiger partial charge in [-0.2, -0.15) is 4.57 Å². The van der Waals surface area contributed by atoms with Gasteiger partial charge in [-0.3, -0.25) is 0 Å². The molecule has 2 bridgehead atoms. The molecule has 3 nitrogen and oxygen atoms in total. The highest BCUT2D eigenvalue weighted by atomic mass is 79.9. The zero-order valence-corrected chi connectivity index (χ0v) is 18.0. The molecule has 3 aliphatic rings. The molecule has 7 rings (SSSR count). The molecule has 2 atom stereocenters. The lowest BCUT2D eigenvalue weighted by molar-refractivity contribution is -0.732. The summed E-state index contributed by atoms with van der Waals surface area (Å²) in [5, 5.41) is 0. The van der Waals surface area contributed by atoms with E-state index in [2.05, 4.69) is 85.1 Å². The molecule has 138 valence electrons. The lowest BCUT2D eigenvalue weighted by Crippen LogP contribution is -2.60. The van der Waals surface area contributed by atoms with Crippen LogP contribution in [0, 0.1) is 0 Å². The summed E-state index contributed by atoms with van der Waals surface area (Å²) in [6.07, 6.45) is 10.5. The predicted molar refractivity (Wildman–Crippen MR) is 111 cm³/mol. The molecule has 0 amide bonds. The zero-order chi connectivity index (χ0) is 18.9. The van der Waals surface area contributed by atoms with Gasteiger partial charge in [0.2, 0.25) is 0 Å². The number of rotatable bonds is 2. The number of nitrogens with zero attached hydrogens (tertiary/aromatic N) is 1. The maximum absolute atomic E-state index is 5.57. The van der Waals surface area contributed by atoms with E-state index in [-0.39, 0.29) is 17.4 Å². The summed E-state index contributed by atoms with van der Waals surface area (Å²) in [6, 6.07) is 15.2. The minimum absolute atomic E-state index is 0.135. The van der Waals surface area contributed by atoms with Crippen LogP contribution in [0.4, 0.5) is 0 Å². The van der Waals surface area contributed by atoms with E-state index in [4.69, 9.17) is 8.83 Å². The fourth-order valence-electron chi connectivity index (χ4n) is 5.39. The number of halogens is 2. The van der Waals surface area contributed by atoms with Gasteiger partial charge in [0.05, 0.1) is 36.4 Å². The SMILES string of the molecule is Brc1ccc(Br)c2c1[C@@H]1c3cccc[n+]3[C@H]2CC1(c1ccoc1)c1ccoc1. The van der Waals surface area contributed by atoms with E-state index in [0.29, 0.717) is 0 Å². The Morgan fingerprint density at radius 2 is 1.54 bits per heavy atom. The van der Waals surface area contributed by atoms with Crippen LogP contribution < -0.4 is 4.57 Å². The lowest BCUT2D eigenvalue weighted by Gasteiger charge is -2.49. The molecule has 0 N–H and O–H groups in total. The van der Waals surface area contributed by atoms with Crippen molar-refractivity contribution in [2.24, 2.45) is 0 Å². The van der Waals surface area contributed by atoms with Gasteiger partial charge in [0.25, 0.3) is 0 Å². The van der Waals surface area contributed by atoms with E-state index in [1.54, 1.807) is 12.5 Å². The Bertz CT molecular complexity index is 1150. The first kappa shape index (κ1) is 16.8. The Balaban J connectivity index is 1.76. The predicted octanol–water partition coefficient (Wildman–Crippen LogP) is 6.11. The number of pyridine rings is 1. The second-order valence-corrected chi connectivity index (χ2v) is 9.25. The molecule has 5 heterocycles. The number of benzene rings is 1. The van der Waals surface area contributed by atoms with Gasteiger partial charge in [-0.25, -0.2) is 0 Å². The second kappa shape index (κ2) is 5.94. The summed E-state index contributed by atoms with van der Waals surface area (Å²) < 4.78 is 15.9. The Kier molecular flexibility index (Phi) is 3.57. The van der Waals surface area contributed by atoms with Crippen LogP contribution in [0.15, 0.2) is 91.5 Å². The summed E-state index contributed by atoms with van der Waals surface area (Å²) in [7, 11) is 0. The molecule has 2 aliphatic heterocycles. The first-order chi connectivity index (χ1) is 13.7. The first-order valence-electron chi connectivity index (χ1n) is 9.25. The zero-order valence-electron chi connectivity index (χ0n) is 14.8. The minimum atomic E-state index is -0.248. The molecule has 28 heavy (non-hydrogen) atoms. The van der Waals surface area contributed by atoms with Crippen molar-refractivity contribution in [3.63, 3.8) is 0 Å².